The normalized spacial score (nSPS) is 32.0. The third-order valence-electron chi connectivity index (χ3n) is 5.55. The van der Waals surface area contributed by atoms with Gasteiger partial charge in [0.2, 0.25) is 0 Å². The summed E-state index contributed by atoms with van der Waals surface area (Å²) < 4.78 is 0. The molecule has 0 radical (unpaired) electrons. The van der Waals surface area contributed by atoms with Crippen molar-refractivity contribution in [3.05, 3.63) is 48.0 Å². The molecule has 0 saturated carbocycles. The highest BCUT2D eigenvalue weighted by Gasteiger charge is 2.52. The second-order valence-corrected chi connectivity index (χ2v) is 7.41. The number of aliphatic carboxylic acids is 1. The molecule has 0 bridgehead atoms. The van der Waals surface area contributed by atoms with Crippen molar-refractivity contribution >= 4 is 11.9 Å². The van der Waals surface area contributed by atoms with Crippen molar-refractivity contribution in [2.24, 2.45) is 29.6 Å². The summed E-state index contributed by atoms with van der Waals surface area (Å²) in [5.74, 6) is -0.848. The minimum atomic E-state index is -0.749. The third-order valence-corrected chi connectivity index (χ3v) is 5.55. The van der Waals surface area contributed by atoms with Crippen LogP contribution in [0.25, 0.3) is 0 Å². The molecule has 0 unspecified atom stereocenters. The molecule has 3 rings (SSSR count). The lowest BCUT2D eigenvalue weighted by Gasteiger charge is -2.37. The summed E-state index contributed by atoms with van der Waals surface area (Å²) in [5.41, 5.74) is 0.672. The smallest absolute Gasteiger partial charge is 0.307 e. The van der Waals surface area contributed by atoms with Gasteiger partial charge in [0.05, 0.1) is 5.92 Å². The average molecular weight is 327 g/mol. The van der Waals surface area contributed by atoms with Crippen molar-refractivity contribution in [2.75, 3.05) is 6.54 Å². The lowest BCUT2D eigenvalue weighted by Crippen LogP contribution is -2.46. The van der Waals surface area contributed by atoms with Gasteiger partial charge in [0.25, 0.3) is 5.91 Å². The molecule has 5 atom stereocenters. The molecule has 1 amide bonds. The predicted molar refractivity (Wildman–Crippen MR) is 92.5 cm³/mol. The van der Waals surface area contributed by atoms with Crippen molar-refractivity contribution < 1.29 is 14.7 Å². The fraction of sp³-hybridized carbons (Fsp3) is 0.500. The van der Waals surface area contributed by atoms with Crippen molar-refractivity contribution in [3.63, 3.8) is 0 Å². The Kier molecular flexibility index (Phi) is 4.48. The number of carbonyl (C=O) groups excluding carboxylic acids is 1. The van der Waals surface area contributed by atoms with Crippen molar-refractivity contribution in [1.29, 1.82) is 0 Å². The van der Waals surface area contributed by atoms with E-state index in [2.05, 4.69) is 19.9 Å². The Morgan fingerprint density at radius 2 is 1.83 bits per heavy atom. The van der Waals surface area contributed by atoms with E-state index in [9.17, 15) is 14.7 Å². The first kappa shape index (κ1) is 16.7. The first-order valence-electron chi connectivity index (χ1n) is 8.69. The molecule has 1 heterocycles. The van der Waals surface area contributed by atoms with Crippen LogP contribution in [0, 0.1) is 29.6 Å². The largest absolute Gasteiger partial charge is 0.481 e. The van der Waals surface area contributed by atoms with Gasteiger partial charge < -0.3 is 10.0 Å². The molecule has 0 aromatic heterocycles. The number of carboxylic acid groups (broad SMARTS) is 1. The Hall–Kier alpha value is -2.10. The first-order valence-corrected chi connectivity index (χ1v) is 8.69. The number of allylic oxidation sites excluding steroid dienone is 1. The Bertz CT molecular complexity index is 652. The number of benzene rings is 1. The van der Waals surface area contributed by atoms with Crippen molar-refractivity contribution in [3.8, 4) is 0 Å². The van der Waals surface area contributed by atoms with Crippen LogP contribution in [0.2, 0.25) is 0 Å². The monoisotopic (exact) mass is 327 g/mol. The van der Waals surface area contributed by atoms with Crippen molar-refractivity contribution in [1.82, 2.24) is 4.90 Å². The molecule has 0 spiro atoms. The van der Waals surface area contributed by atoms with E-state index in [1.54, 1.807) is 0 Å². The van der Waals surface area contributed by atoms with E-state index in [0.717, 1.165) is 0 Å². The summed E-state index contributed by atoms with van der Waals surface area (Å²) in [4.78, 5) is 26.8. The minimum absolute atomic E-state index is 0.00298. The van der Waals surface area contributed by atoms with Crippen LogP contribution in [-0.4, -0.2) is 34.5 Å². The predicted octanol–water partition coefficient (Wildman–Crippen LogP) is 3.31. The fourth-order valence-electron chi connectivity index (χ4n) is 4.55. The highest BCUT2D eigenvalue weighted by Crippen LogP contribution is 2.45. The van der Waals surface area contributed by atoms with Crippen LogP contribution in [0.5, 0.6) is 0 Å². The van der Waals surface area contributed by atoms with Gasteiger partial charge in [-0.05, 0) is 24.0 Å². The SMILES string of the molecule is CC(C)[C@H]1[C@@H]2[C@@H](C(=O)O)[C@@H](C)C=C[C@H]2CN1C(=O)c1ccccc1. The van der Waals surface area contributed by atoms with E-state index >= 15 is 0 Å². The van der Waals surface area contributed by atoms with E-state index in [-0.39, 0.29) is 35.6 Å². The van der Waals surface area contributed by atoms with Crippen LogP contribution in [0.1, 0.15) is 31.1 Å². The third kappa shape index (κ3) is 2.74. The lowest BCUT2D eigenvalue weighted by molar-refractivity contribution is -0.146. The summed E-state index contributed by atoms with van der Waals surface area (Å²) in [7, 11) is 0. The average Bonchev–Trinajstić information content (AvgIpc) is 2.93. The number of carbonyl (C=O) groups is 2. The maximum Gasteiger partial charge on any atom is 0.307 e. The van der Waals surface area contributed by atoms with Crippen LogP contribution < -0.4 is 0 Å². The van der Waals surface area contributed by atoms with E-state index in [4.69, 9.17) is 0 Å². The Morgan fingerprint density at radius 1 is 1.17 bits per heavy atom. The quantitative estimate of drug-likeness (QED) is 0.867. The summed E-state index contributed by atoms with van der Waals surface area (Å²) >= 11 is 0. The number of fused-ring (bicyclic) bond motifs is 1. The van der Waals surface area contributed by atoms with Gasteiger partial charge in [0.1, 0.15) is 0 Å². The summed E-state index contributed by atoms with van der Waals surface area (Å²) in [5, 5.41) is 9.76. The van der Waals surface area contributed by atoms with Gasteiger partial charge in [0.15, 0.2) is 0 Å². The lowest BCUT2D eigenvalue weighted by atomic mass is 9.68. The van der Waals surface area contributed by atoms with Gasteiger partial charge in [-0.2, -0.15) is 0 Å². The van der Waals surface area contributed by atoms with Gasteiger partial charge in [-0.1, -0.05) is 51.1 Å². The second-order valence-electron chi connectivity index (χ2n) is 7.41. The number of likely N-dealkylation sites (tertiary alicyclic amines) is 1. The van der Waals surface area contributed by atoms with Gasteiger partial charge in [-0.3, -0.25) is 9.59 Å². The zero-order valence-electron chi connectivity index (χ0n) is 14.4. The van der Waals surface area contributed by atoms with Crippen LogP contribution in [0.3, 0.4) is 0 Å². The number of amides is 1. The molecular formula is C20H25NO3. The van der Waals surface area contributed by atoms with E-state index < -0.39 is 11.9 Å². The molecule has 2 aliphatic rings. The molecule has 1 aliphatic heterocycles. The summed E-state index contributed by atoms with van der Waals surface area (Å²) in [6, 6.07) is 9.23. The zero-order valence-corrected chi connectivity index (χ0v) is 14.4. The number of hydrogen-bond donors (Lipinski definition) is 1. The topological polar surface area (TPSA) is 57.6 Å². The molecule has 1 aromatic rings. The number of rotatable bonds is 3. The van der Waals surface area contributed by atoms with Crippen molar-refractivity contribution in [2.45, 2.75) is 26.8 Å². The molecule has 24 heavy (non-hydrogen) atoms. The number of hydrogen-bond acceptors (Lipinski definition) is 2. The molecule has 4 nitrogen and oxygen atoms in total. The van der Waals surface area contributed by atoms with Crippen LogP contribution in [-0.2, 0) is 4.79 Å². The van der Waals surface area contributed by atoms with E-state index in [1.807, 2.05) is 48.2 Å². The molecule has 1 aliphatic carbocycles. The second kappa shape index (κ2) is 6.42. The standard InChI is InChI=1S/C20H25NO3/c1-12(2)18-17-15(10-9-13(3)16(17)20(23)24)11-21(18)19(22)14-7-5-4-6-8-14/h4-10,12-13,15-18H,11H2,1-3H3,(H,23,24)/t13-,15-,16-,17-,18-/m0/s1. The van der Waals surface area contributed by atoms with E-state index in [0.29, 0.717) is 12.1 Å². The molecule has 1 saturated heterocycles. The maximum absolute atomic E-state index is 13.0. The maximum atomic E-state index is 13.0. The van der Waals surface area contributed by atoms with Crippen LogP contribution in [0.4, 0.5) is 0 Å². The summed E-state index contributed by atoms with van der Waals surface area (Å²) in [6.07, 6.45) is 4.14. The molecule has 128 valence electrons. The van der Waals surface area contributed by atoms with Crippen LogP contribution >= 0.6 is 0 Å². The van der Waals surface area contributed by atoms with Gasteiger partial charge in [-0.25, -0.2) is 0 Å². The van der Waals surface area contributed by atoms with Crippen LogP contribution in [0.15, 0.2) is 42.5 Å². The molecule has 1 N–H and O–H groups in total. The van der Waals surface area contributed by atoms with Gasteiger partial charge in [0, 0.05) is 30.0 Å². The van der Waals surface area contributed by atoms with Gasteiger partial charge >= 0.3 is 5.97 Å². The van der Waals surface area contributed by atoms with Gasteiger partial charge in [-0.15, -0.1) is 0 Å². The molecule has 4 heteroatoms. The van der Waals surface area contributed by atoms with E-state index in [1.165, 1.54) is 0 Å². The highest BCUT2D eigenvalue weighted by molar-refractivity contribution is 5.94. The highest BCUT2D eigenvalue weighted by atomic mass is 16.4. The fourth-order valence-corrected chi connectivity index (χ4v) is 4.55. The Labute approximate surface area is 143 Å². The Balaban J connectivity index is 1.97. The zero-order chi connectivity index (χ0) is 17.4. The molecule has 1 aromatic carbocycles. The summed E-state index contributed by atoms with van der Waals surface area (Å²) in [6.45, 7) is 6.74. The molecular weight excluding hydrogens is 302 g/mol. The minimum Gasteiger partial charge on any atom is -0.481 e. The number of nitrogens with zero attached hydrogens (tertiary/aromatic N) is 1. The first-order chi connectivity index (χ1) is 11.4. The molecule has 1 fully saturated rings. The Morgan fingerprint density at radius 3 is 2.42 bits per heavy atom. The number of carboxylic acids is 1.